The summed E-state index contributed by atoms with van der Waals surface area (Å²) in [5.41, 5.74) is 0. The Balaban J connectivity index is 1.97. The van der Waals surface area contributed by atoms with Gasteiger partial charge < -0.3 is 9.84 Å². The molecular formula is C2H5O2-. The Kier molecular flexibility index (Phi) is 2.86. The Morgan fingerprint density at radius 1 is 2.00 bits per heavy atom. The molecule has 0 amide bonds. The van der Waals surface area contributed by atoms with Gasteiger partial charge in [-0.1, -0.05) is 0 Å². The molecule has 4 heavy (non-hydrogen) atoms. The van der Waals surface area contributed by atoms with Crippen molar-refractivity contribution in [3.05, 3.63) is 0 Å². The highest BCUT2D eigenvalue weighted by Gasteiger charge is 1.38. The molecule has 0 aliphatic rings. The van der Waals surface area contributed by atoms with Gasteiger partial charge in [0.2, 0.25) is 0 Å². The second-order valence-corrected chi connectivity index (χ2v) is 0.407. The van der Waals surface area contributed by atoms with Crippen LogP contribution in [0, 0.1) is 0 Å². The molecule has 0 bridgehead atoms. The van der Waals surface area contributed by atoms with Gasteiger partial charge in [-0.25, -0.2) is 0 Å². The molecule has 0 saturated carbocycles. The Hall–Kier alpha value is -0.0800. The van der Waals surface area contributed by atoms with Crippen LogP contribution in [-0.2, 0) is 4.74 Å². The highest BCUT2D eigenvalue weighted by Crippen LogP contribution is 1.39. The van der Waals surface area contributed by atoms with Gasteiger partial charge in [0.05, 0.1) is 0 Å². The normalized spacial score (nSPS) is 7.50. The lowest BCUT2D eigenvalue weighted by Crippen LogP contribution is -2.05. The molecule has 0 rings (SSSR count). The van der Waals surface area contributed by atoms with Gasteiger partial charge in [-0.05, 0) is 6.79 Å². The highest BCUT2D eigenvalue weighted by molar-refractivity contribution is 3.68. The van der Waals surface area contributed by atoms with Gasteiger partial charge in [0.15, 0.2) is 0 Å². The summed E-state index contributed by atoms with van der Waals surface area (Å²) in [6.45, 7) is -0.431. The second kappa shape index (κ2) is 2.92. The van der Waals surface area contributed by atoms with E-state index in [4.69, 9.17) is 5.11 Å². The van der Waals surface area contributed by atoms with E-state index in [0.29, 0.717) is 0 Å². The van der Waals surface area contributed by atoms with E-state index in [-0.39, 0.29) is 0 Å². The van der Waals surface area contributed by atoms with E-state index in [0.717, 1.165) is 0 Å². The van der Waals surface area contributed by atoms with Gasteiger partial charge in [-0.15, -0.1) is 0 Å². The number of hydrogen-bond donors (Lipinski definition) is 0. The number of ether oxygens (including phenoxy) is 1. The van der Waals surface area contributed by atoms with Crippen molar-refractivity contribution in [3.63, 3.8) is 0 Å². The van der Waals surface area contributed by atoms with Crippen LogP contribution in [0.4, 0.5) is 0 Å². The van der Waals surface area contributed by atoms with Gasteiger partial charge in [0.1, 0.15) is 0 Å². The first-order chi connectivity index (χ1) is 1.91. The summed E-state index contributed by atoms with van der Waals surface area (Å²) < 4.78 is 3.99. The van der Waals surface area contributed by atoms with E-state index >= 15 is 0 Å². The van der Waals surface area contributed by atoms with Crippen molar-refractivity contribution in [1.82, 2.24) is 0 Å². The molecule has 2 heteroatoms. The first-order valence-corrected chi connectivity index (χ1v) is 0.986. The van der Waals surface area contributed by atoms with Crippen molar-refractivity contribution in [1.29, 1.82) is 0 Å². The van der Waals surface area contributed by atoms with E-state index in [1.54, 1.807) is 0 Å². The minimum Gasteiger partial charge on any atom is -0.834 e. The predicted molar refractivity (Wildman–Crippen MR) is 11.9 cm³/mol. The molecule has 2 nitrogen and oxygen atoms in total. The molecule has 0 aliphatic heterocycles. The van der Waals surface area contributed by atoms with E-state index in [1.165, 1.54) is 7.11 Å². The fourth-order valence-corrected chi connectivity index (χ4v) is 0. The fraction of sp³-hybridized carbons (Fsp3) is 1.00. The molecule has 0 aliphatic carbocycles. The monoisotopic (exact) mass is 61.0 g/mol. The summed E-state index contributed by atoms with van der Waals surface area (Å²) >= 11 is 0. The molecule has 26 valence electrons. The van der Waals surface area contributed by atoms with Crippen molar-refractivity contribution < 1.29 is 9.84 Å². The van der Waals surface area contributed by atoms with E-state index in [9.17, 15) is 0 Å². The van der Waals surface area contributed by atoms with Crippen LogP contribution in [0.15, 0.2) is 0 Å². The topological polar surface area (TPSA) is 32.3 Å². The molecule has 0 aromatic carbocycles. The summed E-state index contributed by atoms with van der Waals surface area (Å²) in [6.07, 6.45) is 0. The molecule has 0 heterocycles. The summed E-state index contributed by atoms with van der Waals surface area (Å²) in [4.78, 5) is 0. The lowest BCUT2D eigenvalue weighted by atomic mass is 11.4. The maximum Gasteiger partial charge on any atom is 0.0336 e. The van der Waals surface area contributed by atoms with Crippen LogP contribution in [0.2, 0.25) is 0 Å². The standard InChI is InChI=1S/C2H5O2/c1-4-2-3/h2H2,1H3/q-1. The van der Waals surface area contributed by atoms with Crippen LogP contribution in [0.25, 0.3) is 0 Å². The molecule has 0 spiro atoms. The van der Waals surface area contributed by atoms with Crippen LogP contribution >= 0.6 is 0 Å². The van der Waals surface area contributed by atoms with Crippen molar-refractivity contribution in [2.75, 3.05) is 13.9 Å². The number of hydrogen-bond acceptors (Lipinski definition) is 2. The molecule has 0 radical (unpaired) electrons. The summed E-state index contributed by atoms with van der Waals surface area (Å²) in [5, 5.41) is 9.08. The van der Waals surface area contributed by atoms with E-state index in [1.807, 2.05) is 0 Å². The third-order valence-electron chi connectivity index (χ3n) is 0.118. The second-order valence-electron chi connectivity index (χ2n) is 0.407. The maximum absolute atomic E-state index is 9.08. The van der Waals surface area contributed by atoms with Crippen LogP contribution < -0.4 is 5.11 Å². The first-order valence-electron chi connectivity index (χ1n) is 0.986. The maximum atomic E-state index is 9.08. The van der Waals surface area contributed by atoms with Crippen LogP contribution in [0.5, 0.6) is 0 Å². The van der Waals surface area contributed by atoms with Crippen LogP contribution in [0.1, 0.15) is 0 Å². The molecule has 0 aromatic heterocycles. The SMILES string of the molecule is COC[O-]. The number of rotatable bonds is 1. The Morgan fingerprint density at radius 3 is 2.25 bits per heavy atom. The first kappa shape index (κ1) is 3.92. The van der Waals surface area contributed by atoms with E-state index < -0.39 is 6.79 Å². The van der Waals surface area contributed by atoms with Gasteiger partial charge in [0, 0.05) is 7.11 Å². The molecule has 0 saturated heterocycles. The average molecular weight is 61.1 g/mol. The molecule has 0 N–H and O–H groups in total. The summed E-state index contributed by atoms with van der Waals surface area (Å²) in [5.74, 6) is 0. The zero-order valence-corrected chi connectivity index (χ0v) is 2.52. The Bertz CT molecular complexity index is 6.00. The average Bonchev–Trinajstić information content (AvgIpc) is 1.37. The third kappa shape index (κ3) is 1.92. The Labute approximate surface area is 25.0 Å². The molecule has 0 fully saturated rings. The predicted octanol–water partition coefficient (Wildman–Crippen LogP) is -1.05. The van der Waals surface area contributed by atoms with Gasteiger partial charge in [-0.2, -0.15) is 0 Å². The van der Waals surface area contributed by atoms with E-state index in [2.05, 4.69) is 4.74 Å². The van der Waals surface area contributed by atoms with Crippen molar-refractivity contribution in [2.45, 2.75) is 0 Å². The highest BCUT2D eigenvalue weighted by atomic mass is 16.6. The minimum absolute atomic E-state index is 0.431. The van der Waals surface area contributed by atoms with Crippen molar-refractivity contribution >= 4 is 0 Å². The van der Waals surface area contributed by atoms with Gasteiger partial charge in [0.25, 0.3) is 0 Å². The largest absolute Gasteiger partial charge is 0.834 e. The summed E-state index contributed by atoms with van der Waals surface area (Å²) in [7, 11) is 1.37. The lowest BCUT2D eigenvalue weighted by Gasteiger charge is -1.93. The van der Waals surface area contributed by atoms with Gasteiger partial charge >= 0.3 is 0 Å². The fourth-order valence-electron chi connectivity index (χ4n) is 0. The van der Waals surface area contributed by atoms with Crippen molar-refractivity contribution in [2.24, 2.45) is 0 Å². The van der Waals surface area contributed by atoms with Crippen LogP contribution in [0.3, 0.4) is 0 Å². The minimum atomic E-state index is -0.431. The quantitative estimate of drug-likeness (QED) is 0.362. The molecular weight excluding hydrogens is 56.0 g/mol. The van der Waals surface area contributed by atoms with Gasteiger partial charge in [-0.3, -0.25) is 0 Å². The number of methoxy groups -OCH3 is 1. The smallest absolute Gasteiger partial charge is 0.0336 e. The lowest BCUT2D eigenvalue weighted by molar-refractivity contribution is -0.426. The molecule has 0 unspecified atom stereocenters. The third-order valence-corrected chi connectivity index (χ3v) is 0.118. The molecule has 0 atom stereocenters. The van der Waals surface area contributed by atoms with Crippen molar-refractivity contribution in [3.8, 4) is 0 Å². The Morgan fingerprint density at radius 2 is 2.25 bits per heavy atom. The molecule has 0 aromatic rings. The zero-order chi connectivity index (χ0) is 3.41. The van der Waals surface area contributed by atoms with Crippen LogP contribution in [-0.4, -0.2) is 13.9 Å². The zero-order valence-electron chi connectivity index (χ0n) is 2.52. The summed E-state index contributed by atoms with van der Waals surface area (Å²) in [6, 6.07) is 0.